The molecule has 3 aromatic rings. The number of thioether (sulfide) groups is 1. The Morgan fingerprint density at radius 1 is 1.19 bits per heavy atom. The summed E-state index contributed by atoms with van der Waals surface area (Å²) >= 11 is 1.38. The molecule has 6 nitrogen and oxygen atoms in total. The van der Waals surface area contributed by atoms with E-state index in [1.807, 2.05) is 59.2 Å². The fourth-order valence-electron chi connectivity index (χ4n) is 3.23. The highest BCUT2D eigenvalue weighted by atomic mass is 32.2. The lowest BCUT2D eigenvalue weighted by molar-refractivity contribution is -0.113. The van der Waals surface area contributed by atoms with Crippen LogP contribution < -0.4 is 10.1 Å². The minimum atomic E-state index is -0.0667. The van der Waals surface area contributed by atoms with Gasteiger partial charge in [0.1, 0.15) is 11.6 Å². The maximum Gasteiger partial charge on any atom is 0.234 e. The summed E-state index contributed by atoms with van der Waals surface area (Å²) in [5, 5.41) is 12.4. The van der Waals surface area contributed by atoms with Crippen molar-refractivity contribution in [2.24, 2.45) is 0 Å². The Labute approximate surface area is 187 Å². The van der Waals surface area contributed by atoms with E-state index in [0.717, 1.165) is 28.4 Å². The van der Waals surface area contributed by atoms with Gasteiger partial charge in [0.2, 0.25) is 5.91 Å². The quantitative estimate of drug-likeness (QED) is 0.361. The number of carbonyl (C=O) groups excluding carboxylic acids is 1. The third kappa shape index (κ3) is 5.98. The van der Waals surface area contributed by atoms with Crippen molar-refractivity contribution < 1.29 is 9.53 Å². The molecule has 0 saturated heterocycles. The molecule has 0 atom stereocenters. The molecule has 0 fully saturated rings. The van der Waals surface area contributed by atoms with Crippen molar-refractivity contribution in [3.63, 3.8) is 0 Å². The molecular weight excluding hydrogens is 408 g/mol. The number of para-hydroxylation sites is 1. The van der Waals surface area contributed by atoms with Gasteiger partial charge in [-0.1, -0.05) is 62.0 Å². The molecule has 1 heterocycles. The van der Waals surface area contributed by atoms with E-state index in [1.165, 1.54) is 11.8 Å². The molecule has 1 aromatic heterocycles. The van der Waals surface area contributed by atoms with Gasteiger partial charge >= 0.3 is 0 Å². The first-order chi connectivity index (χ1) is 15.0. The number of ether oxygens (including phenoxy) is 1. The summed E-state index contributed by atoms with van der Waals surface area (Å²) in [5.41, 5.74) is 3.09. The van der Waals surface area contributed by atoms with E-state index in [9.17, 15) is 4.79 Å². The average Bonchev–Trinajstić information content (AvgIpc) is 3.14. The fourth-order valence-corrected chi connectivity index (χ4v) is 3.99. The Bertz CT molecular complexity index is 1030. The van der Waals surface area contributed by atoms with Crippen molar-refractivity contribution >= 4 is 23.4 Å². The number of carbonyl (C=O) groups is 1. The Balaban J connectivity index is 1.67. The lowest BCUT2D eigenvalue weighted by Gasteiger charge is -2.13. The number of amides is 1. The van der Waals surface area contributed by atoms with Crippen LogP contribution in [0, 0.1) is 0 Å². The molecule has 1 N–H and O–H groups in total. The highest BCUT2D eigenvalue weighted by Gasteiger charge is 2.15. The van der Waals surface area contributed by atoms with Crippen LogP contribution in [-0.2, 0) is 17.8 Å². The molecule has 3 rings (SSSR count). The van der Waals surface area contributed by atoms with Gasteiger partial charge in [0, 0.05) is 18.7 Å². The first-order valence-corrected chi connectivity index (χ1v) is 11.2. The zero-order valence-corrected chi connectivity index (χ0v) is 19.0. The van der Waals surface area contributed by atoms with Crippen LogP contribution in [0.2, 0.25) is 0 Å². The summed E-state index contributed by atoms with van der Waals surface area (Å²) in [7, 11) is 1.65. The topological polar surface area (TPSA) is 69.0 Å². The molecule has 0 bridgehead atoms. The molecule has 7 heteroatoms. The Morgan fingerprint density at radius 2 is 1.94 bits per heavy atom. The number of methoxy groups -OCH3 is 1. The molecule has 0 unspecified atom stereocenters. The van der Waals surface area contributed by atoms with Crippen LogP contribution in [0.4, 0.5) is 5.69 Å². The van der Waals surface area contributed by atoms with Crippen LogP contribution in [0.15, 0.2) is 66.3 Å². The second-order valence-electron chi connectivity index (χ2n) is 7.40. The van der Waals surface area contributed by atoms with E-state index in [-0.39, 0.29) is 11.7 Å². The molecule has 0 aliphatic carbocycles. The number of benzene rings is 2. The number of aromatic nitrogens is 3. The van der Waals surface area contributed by atoms with Gasteiger partial charge in [-0.2, -0.15) is 0 Å². The zero-order valence-electron chi connectivity index (χ0n) is 18.2. The molecule has 0 aliphatic rings. The molecule has 0 saturated carbocycles. The monoisotopic (exact) mass is 436 g/mol. The maximum atomic E-state index is 12.6. The smallest absolute Gasteiger partial charge is 0.234 e. The second-order valence-corrected chi connectivity index (χ2v) is 8.34. The molecule has 162 valence electrons. The van der Waals surface area contributed by atoms with Crippen molar-refractivity contribution in [3.8, 4) is 5.75 Å². The van der Waals surface area contributed by atoms with Gasteiger partial charge in [-0.15, -0.1) is 16.8 Å². The van der Waals surface area contributed by atoms with Crippen LogP contribution in [-0.4, -0.2) is 33.5 Å². The minimum absolute atomic E-state index is 0.0667. The summed E-state index contributed by atoms with van der Waals surface area (Å²) in [4.78, 5) is 12.6. The fraction of sp³-hybridized carbons (Fsp3) is 0.292. The number of nitrogens with one attached hydrogen (secondary N) is 1. The number of rotatable bonds is 10. The van der Waals surface area contributed by atoms with Crippen LogP contribution in [0.5, 0.6) is 5.75 Å². The van der Waals surface area contributed by atoms with Crippen LogP contribution in [0.3, 0.4) is 0 Å². The molecule has 0 spiro atoms. The van der Waals surface area contributed by atoms with Crippen molar-refractivity contribution in [1.29, 1.82) is 0 Å². The predicted molar refractivity (Wildman–Crippen MR) is 126 cm³/mol. The first kappa shape index (κ1) is 22.6. The second kappa shape index (κ2) is 10.8. The number of allylic oxidation sites excluding steroid dienone is 1. The highest BCUT2D eigenvalue weighted by molar-refractivity contribution is 7.99. The first-order valence-electron chi connectivity index (χ1n) is 10.2. The average molecular weight is 437 g/mol. The van der Waals surface area contributed by atoms with E-state index < -0.39 is 0 Å². The highest BCUT2D eigenvalue weighted by Crippen LogP contribution is 2.25. The maximum absolute atomic E-state index is 12.6. The van der Waals surface area contributed by atoms with Gasteiger partial charge in [-0.05, 0) is 35.2 Å². The summed E-state index contributed by atoms with van der Waals surface area (Å²) in [5.74, 6) is 2.17. The number of nitrogens with zero attached hydrogens (tertiary/aromatic N) is 3. The van der Waals surface area contributed by atoms with Crippen molar-refractivity contribution in [2.75, 3.05) is 18.2 Å². The van der Waals surface area contributed by atoms with E-state index in [4.69, 9.17) is 4.74 Å². The Morgan fingerprint density at radius 3 is 2.61 bits per heavy atom. The van der Waals surface area contributed by atoms with Crippen LogP contribution in [0.25, 0.3) is 0 Å². The third-order valence-corrected chi connectivity index (χ3v) is 5.78. The van der Waals surface area contributed by atoms with Crippen LogP contribution >= 0.6 is 11.8 Å². The van der Waals surface area contributed by atoms with E-state index in [2.05, 4.69) is 35.9 Å². The normalized spacial score (nSPS) is 10.8. The summed E-state index contributed by atoms with van der Waals surface area (Å²) in [6.07, 6.45) is 2.45. The van der Waals surface area contributed by atoms with Gasteiger partial charge in [0.25, 0.3) is 0 Å². The van der Waals surface area contributed by atoms with E-state index in [0.29, 0.717) is 24.0 Å². The van der Waals surface area contributed by atoms with Gasteiger partial charge in [-0.25, -0.2) is 0 Å². The van der Waals surface area contributed by atoms with Crippen molar-refractivity contribution in [3.05, 3.63) is 78.1 Å². The van der Waals surface area contributed by atoms with E-state index in [1.54, 1.807) is 7.11 Å². The van der Waals surface area contributed by atoms with Gasteiger partial charge in [-0.3, -0.25) is 4.79 Å². The third-order valence-electron chi connectivity index (χ3n) is 4.82. The molecule has 0 aliphatic heterocycles. The van der Waals surface area contributed by atoms with Crippen molar-refractivity contribution in [1.82, 2.24) is 14.8 Å². The summed E-state index contributed by atoms with van der Waals surface area (Å²) in [6, 6.07) is 15.8. The van der Waals surface area contributed by atoms with Gasteiger partial charge < -0.3 is 14.6 Å². The molecule has 2 aromatic carbocycles. The molecule has 1 amide bonds. The summed E-state index contributed by atoms with van der Waals surface area (Å²) < 4.78 is 7.21. The number of anilines is 1. The minimum Gasteiger partial charge on any atom is -0.497 e. The zero-order chi connectivity index (χ0) is 22.2. The number of hydrogen-bond donors (Lipinski definition) is 1. The molecular formula is C24H28N4O2S. The van der Waals surface area contributed by atoms with Crippen LogP contribution in [0.1, 0.15) is 36.7 Å². The SMILES string of the molecule is C=CCn1c(Cc2ccc(OC)cc2)nnc1SCC(=O)Nc1ccccc1C(C)C. The Hall–Kier alpha value is -3.06. The molecule has 0 radical (unpaired) electrons. The lowest BCUT2D eigenvalue weighted by atomic mass is 10.0. The summed E-state index contributed by atoms with van der Waals surface area (Å²) in [6.45, 7) is 8.65. The lowest BCUT2D eigenvalue weighted by Crippen LogP contribution is -2.16. The Kier molecular flexibility index (Phi) is 7.89. The standard InChI is InChI=1S/C24H28N4O2S/c1-5-14-28-22(15-18-10-12-19(30-4)13-11-18)26-27-24(28)31-16-23(29)25-21-9-7-6-8-20(21)17(2)3/h5-13,17H,1,14-16H2,2-4H3,(H,25,29). The predicted octanol–water partition coefficient (Wildman–Crippen LogP) is 4.92. The molecule has 31 heavy (non-hydrogen) atoms. The largest absolute Gasteiger partial charge is 0.497 e. The van der Waals surface area contributed by atoms with E-state index >= 15 is 0 Å². The number of hydrogen-bond acceptors (Lipinski definition) is 5. The van der Waals surface area contributed by atoms with Crippen molar-refractivity contribution in [2.45, 2.75) is 37.9 Å². The van der Waals surface area contributed by atoms with Gasteiger partial charge in [0.05, 0.1) is 12.9 Å². The van der Waals surface area contributed by atoms with Gasteiger partial charge in [0.15, 0.2) is 5.16 Å².